The van der Waals surface area contributed by atoms with Gasteiger partial charge in [0.25, 0.3) is 0 Å². The summed E-state index contributed by atoms with van der Waals surface area (Å²) in [4.78, 5) is 29.5. The molecule has 2 aliphatic heterocycles. The Hall–Kier alpha value is -0.850. The molecule has 0 aromatic carbocycles. The summed E-state index contributed by atoms with van der Waals surface area (Å²) >= 11 is 1.76. The molecule has 202 valence electrons. The summed E-state index contributed by atoms with van der Waals surface area (Å²) in [5, 5.41) is 12.1. The second-order valence-corrected chi connectivity index (χ2v) is 14.7. The molecule has 2 saturated heterocycles. The van der Waals surface area contributed by atoms with Gasteiger partial charge in [-0.3, -0.25) is 14.5 Å². The lowest BCUT2D eigenvalue weighted by Crippen LogP contribution is -2.63. The van der Waals surface area contributed by atoms with E-state index in [1.165, 1.54) is 25.7 Å². The Kier molecular flexibility index (Phi) is 6.99. The van der Waals surface area contributed by atoms with Gasteiger partial charge in [-0.25, -0.2) is 0 Å². The molecular formula is C30H47NO4S. The number of piperidine rings is 1. The number of nitrogens with zero attached hydrogens (tertiary/aromatic N) is 1. The molecule has 3 unspecified atom stereocenters. The van der Waals surface area contributed by atoms with E-state index in [1.807, 2.05) is 6.08 Å². The van der Waals surface area contributed by atoms with Crippen molar-refractivity contribution in [2.75, 3.05) is 12.8 Å². The van der Waals surface area contributed by atoms with Crippen LogP contribution in [0.15, 0.2) is 12.7 Å². The van der Waals surface area contributed by atoms with E-state index in [0.717, 1.165) is 25.3 Å². The third kappa shape index (κ3) is 3.87. The van der Waals surface area contributed by atoms with E-state index >= 15 is 0 Å². The number of esters is 1. The molecule has 2 heterocycles. The summed E-state index contributed by atoms with van der Waals surface area (Å²) < 4.78 is 6.43. The molecule has 1 N–H and O–H groups in total. The van der Waals surface area contributed by atoms with Gasteiger partial charge in [0.2, 0.25) is 0 Å². The quantitative estimate of drug-likeness (QED) is 0.397. The first-order chi connectivity index (χ1) is 17.0. The van der Waals surface area contributed by atoms with Crippen molar-refractivity contribution < 1.29 is 19.4 Å². The van der Waals surface area contributed by atoms with Crippen LogP contribution >= 0.6 is 11.8 Å². The fraction of sp³-hybridized carbons (Fsp3) is 0.867. The summed E-state index contributed by atoms with van der Waals surface area (Å²) in [7, 11) is 2.24. The van der Waals surface area contributed by atoms with Crippen molar-refractivity contribution in [3.05, 3.63) is 12.7 Å². The molecule has 3 saturated carbocycles. The summed E-state index contributed by atoms with van der Waals surface area (Å²) in [5.74, 6) is 0.588. The van der Waals surface area contributed by atoms with E-state index in [9.17, 15) is 14.7 Å². The first-order valence-corrected chi connectivity index (χ1v) is 15.4. The Morgan fingerprint density at radius 2 is 1.92 bits per heavy atom. The van der Waals surface area contributed by atoms with Crippen LogP contribution in [0.4, 0.5) is 0 Å². The van der Waals surface area contributed by atoms with Gasteiger partial charge in [0, 0.05) is 40.5 Å². The lowest BCUT2D eigenvalue weighted by atomic mass is 9.44. The van der Waals surface area contributed by atoms with Crippen molar-refractivity contribution >= 4 is 23.5 Å². The minimum Gasteiger partial charge on any atom is -0.461 e. The van der Waals surface area contributed by atoms with Crippen molar-refractivity contribution in [1.29, 1.82) is 0 Å². The minimum atomic E-state index is -0.620. The van der Waals surface area contributed by atoms with Gasteiger partial charge in [-0.05, 0) is 75.7 Å². The van der Waals surface area contributed by atoms with Crippen LogP contribution in [-0.4, -0.2) is 64.1 Å². The van der Waals surface area contributed by atoms with Crippen LogP contribution in [0.25, 0.3) is 0 Å². The molecule has 0 spiro atoms. The number of Topliss-reactive ketones (excluding diaryl/α,β-unsaturated/α-hetero) is 1. The van der Waals surface area contributed by atoms with Crippen molar-refractivity contribution in [1.82, 2.24) is 4.90 Å². The normalized spacial score (nSPS) is 50.8. The van der Waals surface area contributed by atoms with Gasteiger partial charge in [0.1, 0.15) is 11.9 Å². The number of hydrogen-bond donors (Lipinski definition) is 1. The number of ketones is 1. The van der Waals surface area contributed by atoms with Crippen LogP contribution in [0.2, 0.25) is 0 Å². The number of aliphatic hydroxyl groups excluding tert-OH is 1. The topological polar surface area (TPSA) is 66.8 Å². The zero-order valence-corrected chi connectivity index (χ0v) is 23.8. The number of carbonyl (C=O) groups excluding carboxylic acids is 2. The molecule has 0 radical (unpaired) electrons. The fourth-order valence-electron chi connectivity index (χ4n) is 9.45. The van der Waals surface area contributed by atoms with Gasteiger partial charge in [-0.15, -0.1) is 18.3 Å². The van der Waals surface area contributed by atoms with Crippen LogP contribution in [-0.2, 0) is 14.3 Å². The second kappa shape index (κ2) is 9.41. The first-order valence-electron chi connectivity index (χ1n) is 14.4. The van der Waals surface area contributed by atoms with Crippen molar-refractivity contribution in [2.45, 2.75) is 115 Å². The minimum absolute atomic E-state index is 0.00508. The van der Waals surface area contributed by atoms with Gasteiger partial charge < -0.3 is 9.84 Å². The zero-order valence-electron chi connectivity index (χ0n) is 23.0. The van der Waals surface area contributed by atoms with Gasteiger partial charge in [0.05, 0.1) is 11.9 Å². The van der Waals surface area contributed by atoms with Gasteiger partial charge >= 0.3 is 5.97 Å². The Bertz CT molecular complexity index is 909. The molecule has 5 aliphatic rings. The number of aliphatic hydroxyl groups is 1. The molecule has 5 rings (SSSR count). The molecule has 5 fully saturated rings. The standard InChI is InChI=1S/C30H47NO4S/c1-7-28(4)16-24(35-25(33)17-36-23-11-9-20-8-10-21(23)31(20)6)29(5)18(2)12-14-30(19(3)27(28)34)15-13-22(32)26(29)30/h7,18-21,23-24,26-27,34H,1,8-17H2,2-6H3/t18-,19+,20?,21?,23-,24-,26?,27+,28-,29+,30+/m1/s1. The van der Waals surface area contributed by atoms with Crippen LogP contribution in [0.1, 0.15) is 85.5 Å². The van der Waals surface area contributed by atoms with Crippen molar-refractivity contribution in [2.24, 2.45) is 34.0 Å². The average Bonchev–Trinajstić information content (AvgIpc) is 3.31. The molecule has 5 nitrogen and oxygen atoms in total. The highest BCUT2D eigenvalue weighted by atomic mass is 32.2. The molecule has 0 aromatic rings. The molecule has 0 amide bonds. The predicted octanol–water partition coefficient (Wildman–Crippen LogP) is 5.25. The summed E-state index contributed by atoms with van der Waals surface area (Å²) in [6, 6.07) is 1.28. The maximum absolute atomic E-state index is 13.5. The SMILES string of the molecule is C=C[C@]1(C)C[C@@H](OC(=O)CS[C@@H]2CCC3CCC2N3C)[C@@]2(C)C3C(=O)CC[C@@]3(CC[C@H]2C)[C@@H](C)[C@@H]1O. The Labute approximate surface area is 222 Å². The number of hydrogen-bond acceptors (Lipinski definition) is 6. The maximum atomic E-state index is 13.5. The highest BCUT2D eigenvalue weighted by molar-refractivity contribution is 8.00. The highest BCUT2D eigenvalue weighted by Crippen LogP contribution is 2.68. The summed E-state index contributed by atoms with van der Waals surface area (Å²) in [5.41, 5.74) is -1.24. The van der Waals surface area contributed by atoms with Crippen LogP contribution in [0, 0.1) is 34.0 Å². The summed E-state index contributed by atoms with van der Waals surface area (Å²) in [6.45, 7) is 12.8. The smallest absolute Gasteiger partial charge is 0.316 e. The fourth-order valence-corrected chi connectivity index (χ4v) is 10.7. The van der Waals surface area contributed by atoms with Crippen LogP contribution in [0.3, 0.4) is 0 Å². The third-order valence-electron chi connectivity index (χ3n) is 12.1. The molecule has 4 bridgehead atoms. The molecule has 0 aromatic heterocycles. The van der Waals surface area contributed by atoms with E-state index < -0.39 is 23.0 Å². The lowest BCUT2D eigenvalue weighted by molar-refractivity contribution is -0.205. The highest BCUT2D eigenvalue weighted by Gasteiger charge is 2.68. The van der Waals surface area contributed by atoms with Crippen LogP contribution < -0.4 is 0 Å². The molecule has 3 aliphatic carbocycles. The van der Waals surface area contributed by atoms with Crippen LogP contribution in [0.5, 0.6) is 0 Å². The number of thioether (sulfide) groups is 1. The number of rotatable bonds is 5. The number of ether oxygens (including phenoxy) is 1. The largest absolute Gasteiger partial charge is 0.461 e. The maximum Gasteiger partial charge on any atom is 0.316 e. The molecule has 36 heavy (non-hydrogen) atoms. The number of carbonyl (C=O) groups is 2. The van der Waals surface area contributed by atoms with Crippen molar-refractivity contribution in [3.63, 3.8) is 0 Å². The predicted molar refractivity (Wildman–Crippen MR) is 145 cm³/mol. The van der Waals surface area contributed by atoms with E-state index in [-0.39, 0.29) is 29.1 Å². The van der Waals surface area contributed by atoms with Gasteiger partial charge in [0.15, 0.2) is 0 Å². The molecule has 11 atom stereocenters. The van der Waals surface area contributed by atoms with E-state index in [0.29, 0.717) is 35.7 Å². The van der Waals surface area contributed by atoms with E-state index in [2.05, 4.69) is 46.2 Å². The van der Waals surface area contributed by atoms with E-state index in [1.54, 1.807) is 11.8 Å². The van der Waals surface area contributed by atoms with Gasteiger partial charge in [-0.2, -0.15) is 0 Å². The summed E-state index contributed by atoms with van der Waals surface area (Å²) in [6.07, 6.45) is 9.61. The second-order valence-electron chi connectivity index (χ2n) is 13.5. The Morgan fingerprint density at radius 1 is 1.19 bits per heavy atom. The zero-order chi connectivity index (χ0) is 26.0. The Balaban J connectivity index is 1.41. The molecular weight excluding hydrogens is 470 g/mol. The monoisotopic (exact) mass is 517 g/mol. The molecule has 6 heteroatoms. The van der Waals surface area contributed by atoms with Gasteiger partial charge in [-0.1, -0.05) is 33.8 Å². The average molecular weight is 518 g/mol. The first kappa shape index (κ1) is 26.7. The third-order valence-corrected chi connectivity index (χ3v) is 13.5. The lowest BCUT2D eigenvalue weighted by Gasteiger charge is -2.61. The van der Waals surface area contributed by atoms with E-state index in [4.69, 9.17) is 4.74 Å². The number of fused-ring (bicyclic) bond motifs is 2. The van der Waals surface area contributed by atoms with Crippen molar-refractivity contribution in [3.8, 4) is 0 Å². The Morgan fingerprint density at radius 3 is 2.64 bits per heavy atom.